The summed E-state index contributed by atoms with van der Waals surface area (Å²) in [4.78, 5) is 27.3. The van der Waals surface area contributed by atoms with Gasteiger partial charge < -0.3 is 10.2 Å². The molecule has 4 nitrogen and oxygen atoms in total. The molecule has 4 heteroatoms. The Balaban J connectivity index is 1.38. The lowest BCUT2D eigenvalue weighted by molar-refractivity contribution is -0.139. The lowest BCUT2D eigenvalue weighted by Crippen LogP contribution is -2.43. The van der Waals surface area contributed by atoms with E-state index < -0.39 is 0 Å². The first kappa shape index (κ1) is 20.9. The van der Waals surface area contributed by atoms with Gasteiger partial charge in [0.05, 0.1) is 0 Å². The Bertz CT molecular complexity index is 615. The van der Waals surface area contributed by atoms with Crippen molar-refractivity contribution < 1.29 is 9.59 Å². The molecule has 1 N–H and O–H groups in total. The minimum atomic E-state index is 0.109. The molecule has 1 aliphatic heterocycles. The zero-order valence-electron chi connectivity index (χ0n) is 17.4. The highest BCUT2D eigenvalue weighted by Crippen LogP contribution is 2.31. The maximum atomic E-state index is 12.9. The van der Waals surface area contributed by atoms with Crippen LogP contribution in [-0.2, 0) is 16.0 Å². The van der Waals surface area contributed by atoms with Gasteiger partial charge in [0.25, 0.3) is 0 Å². The molecule has 154 valence electrons. The molecular formula is C24H36N2O2. The fraction of sp³-hybridized carbons (Fsp3) is 0.667. The molecule has 1 heterocycles. The molecule has 0 unspecified atom stereocenters. The van der Waals surface area contributed by atoms with Crippen LogP contribution in [0, 0.1) is 17.8 Å². The number of rotatable bonds is 7. The van der Waals surface area contributed by atoms with Crippen LogP contribution >= 0.6 is 0 Å². The number of carbonyl (C=O) groups excluding carboxylic acids is 2. The van der Waals surface area contributed by atoms with Gasteiger partial charge in [0.2, 0.25) is 11.8 Å². The number of amides is 2. The van der Waals surface area contributed by atoms with Crippen LogP contribution in [0.25, 0.3) is 0 Å². The van der Waals surface area contributed by atoms with Crippen molar-refractivity contribution in [2.75, 3.05) is 19.6 Å². The van der Waals surface area contributed by atoms with Gasteiger partial charge in [-0.25, -0.2) is 0 Å². The van der Waals surface area contributed by atoms with Crippen molar-refractivity contribution in [3.8, 4) is 0 Å². The van der Waals surface area contributed by atoms with E-state index in [1.165, 1.54) is 5.56 Å². The van der Waals surface area contributed by atoms with Crippen LogP contribution in [0.1, 0.15) is 63.9 Å². The average molecular weight is 385 g/mol. The van der Waals surface area contributed by atoms with Crippen LogP contribution in [0.2, 0.25) is 0 Å². The largest absolute Gasteiger partial charge is 0.356 e. The number of unbranched alkanes of at least 4 members (excludes halogenated alkanes) is 1. The third-order valence-electron chi connectivity index (χ3n) is 6.57. The molecule has 28 heavy (non-hydrogen) atoms. The Labute approximate surface area is 170 Å². The minimum absolute atomic E-state index is 0.109. The predicted octanol–water partition coefficient (Wildman–Crippen LogP) is 4.19. The lowest BCUT2D eigenvalue weighted by atomic mass is 9.80. The molecule has 1 aromatic carbocycles. The maximum Gasteiger partial charge on any atom is 0.225 e. The molecular weight excluding hydrogens is 348 g/mol. The maximum absolute atomic E-state index is 12.9. The normalized spacial score (nSPS) is 23.4. The van der Waals surface area contributed by atoms with Gasteiger partial charge in [0.1, 0.15) is 0 Å². The summed E-state index contributed by atoms with van der Waals surface area (Å²) in [6.07, 6.45) is 8.94. The van der Waals surface area contributed by atoms with Gasteiger partial charge in [-0.05, 0) is 62.8 Å². The van der Waals surface area contributed by atoms with Gasteiger partial charge >= 0.3 is 0 Å². The van der Waals surface area contributed by atoms with Crippen LogP contribution in [-0.4, -0.2) is 36.3 Å². The number of hydrogen-bond acceptors (Lipinski definition) is 2. The summed E-state index contributed by atoms with van der Waals surface area (Å²) in [5.41, 5.74) is 1.41. The van der Waals surface area contributed by atoms with E-state index >= 15 is 0 Å². The van der Waals surface area contributed by atoms with Gasteiger partial charge in [-0.3, -0.25) is 9.59 Å². The molecule has 1 saturated heterocycles. The number of carbonyl (C=O) groups is 2. The highest BCUT2D eigenvalue weighted by molar-refractivity contribution is 5.81. The summed E-state index contributed by atoms with van der Waals surface area (Å²) >= 11 is 0. The summed E-state index contributed by atoms with van der Waals surface area (Å²) in [6.45, 7) is 4.71. The predicted molar refractivity (Wildman–Crippen MR) is 113 cm³/mol. The fourth-order valence-electron chi connectivity index (χ4n) is 4.70. The molecule has 1 saturated carbocycles. The summed E-state index contributed by atoms with van der Waals surface area (Å²) in [6, 6.07) is 10.7. The van der Waals surface area contributed by atoms with Crippen LogP contribution in [0.5, 0.6) is 0 Å². The molecule has 0 atom stereocenters. The summed E-state index contributed by atoms with van der Waals surface area (Å²) < 4.78 is 0. The standard InChI is InChI=1S/C24H36N2O2/c1-2-3-15-25-23(27)21-9-11-22(12-10-21)24(28)26-16-13-20(14-17-26)18-19-7-5-4-6-8-19/h4-8,20-22H,2-3,9-18H2,1H3,(H,25,27). The number of piperidine rings is 1. The van der Waals surface area contributed by atoms with Crippen LogP contribution in [0.3, 0.4) is 0 Å². The van der Waals surface area contributed by atoms with Gasteiger partial charge in [-0.15, -0.1) is 0 Å². The zero-order chi connectivity index (χ0) is 19.8. The monoisotopic (exact) mass is 384 g/mol. The highest BCUT2D eigenvalue weighted by atomic mass is 16.2. The van der Waals surface area contributed by atoms with Gasteiger partial charge in [0.15, 0.2) is 0 Å². The first-order valence-corrected chi connectivity index (χ1v) is 11.3. The molecule has 0 spiro atoms. The second-order valence-electron chi connectivity index (χ2n) is 8.65. The van der Waals surface area contributed by atoms with E-state index in [0.29, 0.717) is 11.8 Å². The van der Waals surface area contributed by atoms with Crippen molar-refractivity contribution in [1.82, 2.24) is 10.2 Å². The Kier molecular flexibility index (Phi) is 7.93. The smallest absolute Gasteiger partial charge is 0.225 e. The number of likely N-dealkylation sites (tertiary alicyclic amines) is 1. The van der Waals surface area contributed by atoms with Crippen molar-refractivity contribution in [3.63, 3.8) is 0 Å². The topological polar surface area (TPSA) is 49.4 Å². The number of nitrogens with one attached hydrogen (secondary N) is 1. The van der Waals surface area contributed by atoms with Crippen molar-refractivity contribution in [2.24, 2.45) is 17.8 Å². The Morgan fingerprint density at radius 1 is 0.964 bits per heavy atom. The molecule has 2 aliphatic rings. The van der Waals surface area contributed by atoms with E-state index in [1.54, 1.807) is 0 Å². The number of hydrogen-bond donors (Lipinski definition) is 1. The first-order chi connectivity index (χ1) is 13.7. The van der Waals surface area contributed by atoms with Crippen LogP contribution < -0.4 is 5.32 Å². The van der Waals surface area contributed by atoms with E-state index in [1.807, 2.05) is 0 Å². The van der Waals surface area contributed by atoms with Crippen LogP contribution in [0.15, 0.2) is 30.3 Å². The molecule has 0 aromatic heterocycles. The second kappa shape index (κ2) is 10.6. The summed E-state index contributed by atoms with van der Waals surface area (Å²) in [5, 5.41) is 3.05. The van der Waals surface area contributed by atoms with E-state index in [9.17, 15) is 9.59 Å². The molecule has 1 aromatic rings. The van der Waals surface area contributed by atoms with Crippen molar-refractivity contribution in [2.45, 2.75) is 64.7 Å². The summed E-state index contributed by atoms with van der Waals surface area (Å²) in [7, 11) is 0. The molecule has 0 bridgehead atoms. The van der Waals surface area contributed by atoms with E-state index in [4.69, 9.17) is 0 Å². The second-order valence-corrected chi connectivity index (χ2v) is 8.65. The highest BCUT2D eigenvalue weighted by Gasteiger charge is 2.33. The van der Waals surface area contributed by atoms with Gasteiger partial charge in [0, 0.05) is 31.5 Å². The number of nitrogens with zero attached hydrogens (tertiary/aromatic N) is 1. The van der Waals surface area contributed by atoms with Gasteiger partial charge in [-0.2, -0.15) is 0 Å². The third kappa shape index (κ3) is 5.83. The Hall–Kier alpha value is -1.84. The van der Waals surface area contributed by atoms with E-state index in [2.05, 4.69) is 47.5 Å². The first-order valence-electron chi connectivity index (χ1n) is 11.3. The summed E-state index contributed by atoms with van der Waals surface area (Å²) in [5.74, 6) is 1.46. The quantitative estimate of drug-likeness (QED) is 0.717. The van der Waals surface area contributed by atoms with Crippen molar-refractivity contribution in [1.29, 1.82) is 0 Å². The molecule has 3 rings (SSSR count). The SMILES string of the molecule is CCCCNC(=O)C1CCC(C(=O)N2CCC(Cc3ccccc3)CC2)CC1. The molecule has 1 aliphatic carbocycles. The van der Waals surface area contributed by atoms with E-state index in [0.717, 1.165) is 77.4 Å². The van der Waals surface area contributed by atoms with Gasteiger partial charge in [-0.1, -0.05) is 43.7 Å². The third-order valence-corrected chi connectivity index (χ3v) is 6.57. The molecule has 2 amide bonds. The fourth-order valence-corrected chi connectivity index (χ4v) is 4.70. The molecule has 2 fully saturated rings. The zero-order valence-corrected chi connectivity index (χ0v) is 17.4. The average Bonchev–Trinajstić information content (AvgIpc) is 2.75. The van der Waals surface area contributed by atoms with E-state index in [-0.39, 0.29) is 17.7 Å². The molecule has 0 radical (unpaired) electrons. The van der Waals surface area contributed by atoms with Crippen molar-refractivity contribution >= 4 is 11.8 Å². The minimum Gasteiger partial charge on any atom is -0.356 e. The number of benzene rings is 1. The van der Waals surface area contributed by atoms with Crippen molar-refractivity contribution in [3.05, 3.63) is 35.9 Å². The Morgan fingerprint density at radius 2 is 1.61 bits per heavy atom. The van der Waals surface area contributed by atoms with Crippen LogP contribution in [0.4, 0.5) is 0 Å². The lowest BCUT2D eigenvalue weighted by Gasteiger charge is -2.36. The Morgan fingerprint density at radius 3 is 2.25 bits per heavy atom.